The maximum atomic E-state index is 5.54. The molecule has 0 bridgehead atoms. The molecule has 2 aromatic rings. The summed E-state index contributed by atoms with van der Waals surface area (Å²) < 4.78 is 5.54. The maximum absolute atomic E-state index is 5.54. The van der Waals surface area contributed by atoms with E-state index in [4.69, 9.17) is 4.42 Å². The Labute approximate surface area is 84.7 Å². The van der Waals surface area contributed by atoms with Gasteiger partial charge in [-0.25, -0.2) is 0 Å². The molecule has 0 saturated heterocycles. The summed E-state index contributed by atoms with van der Waals surface area (Å²) in [5.41, 5.74) is 2.51. The quantitative estimate of drug-likeness (QED) is 0.691. The van der Waals surface area contributed by atoms with Crippen LogP contribution >= 0.6 is 0 Å². The van der Waals surface area contributed by atoms with Crippen LogP contribution in [0, 0.1) is 0 Å². The van der Waals surface area contributed by atoms with Crippen molar-refractivity contribution < 1.29 is 4.42 Å². The van der Waals surface area contributed by atoms with Gasteiger partial charge in [0.25, 0.3) is 0 Å². The van der Waals surface area contributed by atoms with Crippen molar-refractivity contribution in [1.29, 1.82) is 0 Å². The fourth-order valence-corrected chi connectivity index (χ4v) is 1.69. The van der Waals surface area contributed by atoms with Gasteiger partial charge in [-0.05, 0) is 17.9 Å². The Kier molecular flexibility index (Phi) is 2.10. The third-order valence-electron chi connectivity index (χ3n) is 3.09. The second kappa shape index (κ2) is 3.16. The van der Waals surface area contributed by atoms with Gasteiger partial charge in [-0.2, -0.15) is 0 Å². The maximum Gasteiger partial charge on any atom is 0.134 e. The number of rotatable bonds is 2. The van der Waals surface area contributed by atoms with Gasteiger partial charge in [0.1, 0.15) is 5.58 Å². The van der Waals surface area contributed by atoms with Crippen LogP contribution in [-0.2, 0) is 5.41 Å². The highest BCUT2D eigenvalue weighted by Gasteiger charge is 2.22. The summed E-state index contributed by atoms with van der Waals surface area (Å²) in [7, 11) is 0. The standard InChI is InChI=1S/C13H16O/c1-4-13(2,3)11-9-14-12-8-6-5-7-10(11)12/h5-9H,4H2,1-3H3. The average molecular weight is 188 g/mol. The largest absolute Gasteiger partial charge is 0.464 e. The predicted octanol–water partition coefficient (Wildman–Crippen LogP) is 4.12. The molecule has 2 rings (SSSR count). The third kappa shape index (κ3) is 1.33. The molecule has 1 aromatic carbocycles. The minimum Gasteiger partial charge on any atom is -0.464 e. The van der Waals surface area contributed by atoms with Crippen molar-refractivity contribution in [2.24, 2.45) is 0 Å². The molecule has 0 spiro atoms. The number of para-hydroxylation sites is 1. The molecule has 0 radical (unpaired) electrons. The first kappa shape index (κ1) is 9.32. The summed E-state index contributed by atoms with van der Waals surface area (Å²) in [5, 5.41) is 1.25. The summed E-state index contributed by atoms with van der Waals surface area (Å²) in [5.74, 6) is 0. The van der Waals surface area contributed by atoms with Crippen molar-refractivity contribution in [2.45, 2.75) is 32.6 Å². The van der Waals surface area contributed by atoms with Gasteiger partial charge < -0.3 is 4.42 Å². The molecule has 74 valence electrons. The summed E-state index contributed by atoms with van der Waals surface area (Å²) in [6.07, 6.45) is 3.02. The highest BCUT2D eigenvalue weighted by Crippen LogP contribution is 2.33. The van der Waals surface area contributed by atoms with Crippen LogP contribution in [0.5, 0.6) is 0 Å². The van der Waals surface area contributed by atoms with E-state index in [1.54, 1.807) is 0 Å². The van der Waals surface area contributed by atoms with Crippen LogP contribution < -0.4 is 0 Å². The first-order valence-electron chi connectivity index (χ1n) is 5.12. The van der Waals surface area contributed by atoms with Gasteiger partial charge in [-0.1, -0.05) is 39.0 Å². The number of hydrogen-bond donors (Lipinski definition) is 0. The first-order valence-corrected chi connectivity index (χ1v) is 5.12. The van der Waals surface area contributed by atoms with Gasteiger partial charge in [0, 0.05) is 10.9 Å². The van der Waals surface area contributed by atoms with Gasteiger partial charge >= 0.3 is 0 Å². The minimum atomic E-state index is 0.201. The molecular formula is C13H16O. The molecule has 0 aliphatic heterocycles. The van der Waals surface area contributed by atoms with E-state index in [0.717, 1.165) is 12.0 Å². The lowest BCUT2D eigenvalue weighted by Crippen LogP contribution is -2.14. The van der Waals surface area contributed by atoms with E-state index in [1.165, 1.54) is 10.9 Å². The highest BCUT2D eigenvalue weighted by atomic mass is 16.3. The Morgan fingerprint density at radius 1 is 1.21 bits per heavy atom. The van der Waals surface area contributed by atoms with Crippen molar-refractivity contribution >= 4 is 11.0 Å². The first-order chi connectivity index (χ1) is 6.65. The van der Waals surface area contributed by atoms with E-state index in [9.17, 15) is 0 Å². The van der Waals surface area contributed by atoms with Crippen LogP contribution in [0.4, 0.5) is 0 Å². The number of furan rings is 1. The van der Waals surface area contributed by atoms with Crippen LogP contribution in [0.25, 0.3) is 11.0 Å². The normalized spacial score (nSPS) is 12.2. The van der Waals surface area contributed by atoms with Gasteiger partial charge in [-0.3, -0.25) is 0 Å². The predicted molar refractivity (Wildman–Crippen MR) is 59.5 cm³/mol. The molecule has 0 N–H and O–H groups in total. The molecule has 14 heavy (non-hydrogen) atoms. The molecule has 0 amide bonds. The van der Waals surface area contributed by atoms with Crippen LogP contribution in [-0.4, -0.2) is 0 Å². The smallest absolute Gasteiger partial charge is 0.134 e. The lowest BCUT2D eigenvalue weighted by Gasteiger charge is -2.21. The Hall–Kier alpha value is -1.24. The summed E-state index contributed by atoms with van der Waals surface area (Å²) in [4.78, 5) is 0. The molecule has 1 aromatic heterocycles. The zero-order chi connectivity index (χ0) is 10.2. The monoisotopic (exact) mass is 188 g/mol. The van der Waals surface area contributed by atoms with Crippen molar-refractivity contribution in [3.8, 4) is 0 Å². The Bertz CT molecular complexity index is 437. The van der Waals surface area contributed by atoms with Crippen molar-refractivity contribution in [3.63, 3.8) is 0 Å². The van der Waals surface area contributed by atoms with Crippen LogP contribution in [0.15, 0.2) is 34.9 Å². The second-order valence-electron chi connectivity index (χ2n) is 4.38. The van der Waals surface area contributed by atoms with Crippen molar-refractivity contribution in [1.82, 2.24) is 0 Å². The van der Waals surface area contributed by atoms with E-state index >= 15 is 0 Å². The lowest BCUT2D eigenvalue weighted by molar-refractivity contribution is 0.496. The SMILES string of the molecule is CCC(C)(C)c1coc2ccccc12. The molecule has 0 aliphatic carbocycles. The molecule has 0 aliphatic rings. The van der Waals surface area contributed by atoms with Gasteiger partial charge in [-0.15, -0.1) is 0 Å². The fourth-order valence-electron chi connectivity index (χ4n) is 1.69. The van der Waals surface area contributed by atoms with Crippen LogP contribution in [0.3, 0.4) is 0 Å². The van der Waals surface area contributed by atoms with Gasteiger partial charge in [0.15, 0.2) is 0 Å². The lowest BCUT2D eigenvalue weighted by atomic mass is 9.82. The molecule has 0 atom stereocenters. The van der Waals surface area contributed by atoms with E-state index in [0.29, 0.717) is 0 Å². The van der Waals surface area contributed by atoms with E-state index in [-0.39, 0.29) is 5.41 Å². The van der Waals surface area contributed by atoms with Crippen molar-refractivity contribution in [3.05, 3.63) is 36.1 Å². The van der Waals surface area contributed by atoms with Gasteiger partial charge in [0.05, 0.1) is 6.26 Å². The summed E-state index contributed by atoms with van der Waals surface area (Å²) >= 11 is 0. The molecule has 0 saturated carbocycles. The molecule has 1 heterocycles. The van der Waals surface area contributed by atoms with Crippen LogP contribution in [0.2, 0.25) is 0 Å². The molecule has 1 nitrogen and oxygen atoms in total. The summed E-state index contributed by atoms with van der Waals surface area (Å²) in [6.45, 7) is 6.72. The van der Waals surface area contributed by atoms with E-state index < -0.39 is 0 Å². The molecular weight excluding hydrogens is 172 g/mol. The van der Waals surface area contributed by atoms with Gasteiger partial charge in [0.2, 0.25) is 0 Å². The number of hydrogen-bond acceptors (Lipinski definition) is 1. The zero-order valence-electron chi connectivity index (χ0n) is 9.00. The molecule has 0 unspecified atom stereocenters. The highest BCUT2D eigenvalue weighted by molar-refractivity contribution is 5.81. The Morgan fingerprint density at radius 2 is 1.93 bits per heavy atom. The second-order valence-corrected chi connectivity index (χ2v) is 4.38. The van der Waals surface area contributed by atoms with E-state index in [2.05, 4.69) is 32.9 Å². The topological polar surface area (TPSA) is 13.1 Å². The molecule has 0 fully saturated rings. The van der Waals surface area contributed by atoms with Crippen molar-refractivity contribution in [2.75, 3.05) is 0 Å². The zero-order valence-corrected chi connectivity index (χ0v) is 9.00. The third-order valence-corrected chi connectivity index (χ3v) is 3.09. The van der Waals surface area contributed by atoms with E-state index in [1.807, 2.05) is 18.4 Å². The Balaban J connectivity index is 2.64. The van der Waals surface area contributed by atoms with Crippen LogP contribution in [0.1, 0.15) is 32.8 Å². The molecule has 1 heteroatoms. The fraction of sp³-hybridized carbons (Fsp3) is 0.385. The number of fused-ring (bicyclic) bond motifs is 1. The summed E-state index contributed by atoms with van der Waals surface area (Å²) in [6, 6.07) is 8.22. The Morgan fingerprint density at radius 3 is 2.64 bits per heavy atom. The minimum absolute atomic E-state index is 0.201. The average Bonchev–Trinajstić information content (AvgIpc) is 2.61. The number of benzene rings is 1.